The van der Waals surface area contributed by atoms with E-state index in [1.54, 1.807) is 0 Å². The molecular weight excluding hydrogens is 220 g/mol. The van der Waals surface area contributed by atoms with Gasteiger partial charge >= 0.3 is 0 Å². The summed E-state index contributed by atoms with van der Waals surface area (Å²) in [7, 11) is 0. The maximum atomic E-state index is 5.58. The van der Waals surface area contributed by atoms with Crippen LogP contribution in [0.25, 0.3) is 0 Å². The maximum Gasteiger partial charge on any atom is 0.208 e. The molecule has 0 aromatic carbocycles. The molecular formula is C12H20N2OS. The van der Waals surface area contributed by atoms with Gasteiger partial charge in [0.1, 0.15) is 5.76 Å². The number of hydrogen-bond acceptors (Lipinski definition) is 4. The average molecular weight is 240 g/mol. The molecule has 16 heavy (non-hydrogen) atoms. The van der Waals surface area contributed by atoms with Crippen LogP contribution >= 0.6 is 11.8 Å². The molecule has 1 aliphatic rings. The molecule has 1 aromatic rings. The summed E-state index contributed by atoms with van der Waals surface area (Å²) in [5.74, 6) is 3.10. The minimum atomic E-state index is 0.607. The Balaban J connectivity index is 1.81. The highest BCUT2D eigenvalue weighted by atomic mass is 32.2. The first-order valence-corrected chi connectivity index (χ1v) is 7.13. The standard InChI is InChI=1S/C12H20N2OS/c1-3-10-7-14-12(15-10)8-13-11-5-4-6-16-9(11)2/h7,9,11,13H,3-6,8H2,1-2H3. The Morgan fingerprint density at radius 1 is 1.62 bits per heavy atom. The Hall–Kier alpha value is -0.480. The SMILES string of the molecule is CCc1cnc(CNC2CCCSC2C)o1. The van der Waals surface area contributed by atoms with E-state index in [1.807, 2.05) is 6.20 Å². The van der Waals surface area contributed by atoms with Gasteiger partial charge in [0, 0.05) is 17.7 Å². The summed E-state index contributed by atoms with van der Waals surface area (Å²) in [5.41, 5.74) is 0. The predicted octanol–water partition coefficient (Wildman–Crippen LogP) is 2.61. The maximum absolute atomic E-state index is 5.58. The number of hydrogen-bond donors (Lipinski definition) is 1. The summed E-state index contributed by atoms with van der Waals surface area (Å²) < 4.78 is 5.58. The van der Waals surface area contributed by atoms with Crippen molar-refractivity contribution in [1.82, 2.24) is 10.3 Å². The van der Waals surface area contributed by atoms with Crippen molar-refractivity contribution in [3.05, 3.63) is 17.8 Å². The highest BCUT2D eigenvalue weighted by Gasteiger charge is 2.21. The molecule has 2 rings (SSSR count). The van der Waals surface area contributed by atoms with Gasteiger partial charge in [0.25, 0.3) is 0 Å². The van der Waals surface area contributed by atoms with Crippen LogP contribution in [0.5, 0.6) is 0 Å². The van der Waals surface area contributed by atoms with Gasteiger partial charge in [-0.2, -0.15) is 11.8 Å². The lowest BCUT2D eigenvalue weighted by Crippen LogP contribution is -2.38. The van der Waals surface area contributed by atoms with Crippen molar-refractivity contribution in [2.75, 3.05) is 5.75 Å². The van der Waals surface area contributed by atoms with E-state index in [1.165, 1.54) is 18.6 Å². The molecule has 4 heteroatoms. The van der Waals surface area contributed by atoms with Crippen molar-refractivity contribution in [2.45, 2.75) is 50.9 Å². The van der Waals surface area contributed by atoms with Crippen molar-refractivity contribution in [2.24, 2.45) is 0 Å². The van der Waals surface area contributed by atoms with Crippen LogP contribution in [0.4, 0.5) is 0 Å². The molecule has 0 bridgehead atoms. The van der Waals surface area contributed by atoms with Crippen LogP contribution in [-0.4, -0.2) is 22.0 Å². The molecule has 3 nitrogen and oxygen atoms in total. The second kappa shape index (κ2) is 5.73. The Morgan fingerprint density at radius 2 is 2.50 bits per heavy atom. The Labute approximate surface area is 101 Å². The van der Waals surface area contributed by atoms with Crippen LogP contribution in [0, 0.1) is 0 Å². The Morgan fingerprint density at radius 3 is 3.19 bits per heavy atom. The van der Waals surface area contributed by atoms with Crippen LogP contribution < -0.4 is 5.32 Å². The van der Waals surface area contributed by atoms with Crippen LogP contribution in [0.1, 0.15) is 38.3 Å². The smallest absolute Gasteiger partial charge is 0.208 e. The number of thioether (sulfide) groups is 1. The van der Waals surface area contributed by atoms with Gasteiger partial charge in [-0.1, -0.05) is 13.8 Å². The first-order valence-electron chi connectivity index (χ1n) is 6.08. The lowest BCUT2D eigenvalue weighted by Gasteiger charge is -2.28. The number of nitrogens with zero attached hydrogens (tertiary/aromatic N) is 1. The molecule has 1 aromatic heterocycles. The topological polar surface area (TPSA) is 38.1 Å². The molecule has 1 N–H and O–H groups in total. The number of oxazole rings is 1. The van der Waals surface area contributed by atoms with E-state index in [9.17, 15) is 0 Å². The van der Waals surface area contributed by atoms with Crippen molar-refractivity contribution in [3.8, 4) is 0 Å². The Bertz CT molecular complexity index is 327. The van der Waals surface area contributed by atoms with Crippen LogP contribution in [0.2, 0.25) is 0 Å². The first-order chi connectivity index (χ1) is 7.79. The van der Waals surface area contributed by atoms with Gasteiger partial charge < -0.3 is 9.73 Å². The fraction of sp³-hybridized carbons (Fsp3) is 0.750. The molecule has 0 amide bonds. The third kappa shape index (κ3) is 3.01. The molecule has 1 fully saturated rings. The molecule has 2 atom stereocenters. The summed E-state index contributed by atoms with van der Waals surface area (Å²) in [6, 6.07) is 0.607. The van der Waals surface area contributed by atoms with Gasteiger partial charge in [0.2, 0.25) is 5.89 Å². The zero-order chi connectivity index (χ0) is 11.4. The normalized spacial score (nSPS) is 25.9. The highest BCUT2D eigenvalue weighted by molar-refractivity contribution is 7.99. The molecule has 0 aliphatic carbocycles. The van der Waals surface area contributed by atoms with Crippen molar-refractivity contribution in [1.29, 1.82) is 0 Å². The summed E-state index contributed by atoms with van der Waals surface area (Å²) in [4.78, 5) is 4.26. The quantitative estimate of drug-likeness (QED) is 0.878. The number of nitrogens with one attached hydrogen (secondary N) is 1. The lowest BCUT2D eigenvalue weighted by atomic mass is 10.1. The van der Waals surface area contributed by atoms with E-state index in [0.29, 0.717) is 11.3 Å². The largest absolute Gasteiger partial charge is 0.444 e. The Kier molecular flexibility index (Phi) is 4.29. The molecule has 2 unspecified atom stereocenters. The van der Waals surface area contributed by atoms with Crippen molar-refractivity contribution >= 4 is 11.8 Å². The van der Waals surface area contributed by atoms with Gasteiger partial charge in [-0.25, -0.2) is 4.98 Å². The molecule has 0 spiro atoms. The van der Waals surface area contributed by atoms with Gasteiger partial charge in [-0.15, -0.1) is 0 Å². The van der Waals surface area contributed by atoms with E-state index < -0.39 is 0 Å². The van der Waals surface area contributed by atoms with Crippen molar-refractivity contribution < 1.29 is 4.42 Å². The highest BCUT2D eigenvalue weighted by Crippen LogP contribution is 2.25. The average Bonchev–Trinajstić information content (AvgIpc) is 2.76. The summed E-state index contributed by atoms with van der Waals surface area (Å²) >= 11 is 2.06. The molecule has 1 aliphatic heterocycles. The molecule has 2 heterocycles. The second-order valence-electron chi connectivity index (χ2n) is 4.28. The van der Waals surface area contributed by atoms with Gasteiger partial charge in [0.05, 0.1) is 12.7 Å². The molecule has 90 valence electrons. The zero-order valence-corrected chi connectivity index (χ0v) is 10.8. The third-order valence-electron chi connectivity index (χ3n) is 3.07. The lowest BCUT2D eigenvalue weighted by molar-refractivity contribution is 0.397. The van der Waals surface area contributed by atoms with E-state index in [2.05, 4.69) is 35.9 Å². The minimum absolute atomic E-state index is 0.607. The van der Waals surface area contributed by atoms with E-state index >= 15 is 0 Å². The fourth-order valence-corrected chi connectivity index (χ4v) is 3.17. The number of aryl methyl sites for hydroxylation is 1. The van der Waals surface area contributed by atoms with Crippen LogP contribution in [0.15, 0.2) is 10.6 Å². The molecule has 1 saturated heterocycles. The van der Waals surface area contributed by atoms with E-state index in [-0.39, 0.29) is 0 Å². The van der Waals surface area contributed by atoms with E-state index in [0.717, 1.165) is 24.6 Å². The minimum Gasteiger partial charge on any atom is -0.444 e. The predicted molar refractivity (Wildman–Crippen MR) is 67.7 cm³/mol. The molecule has 0 radical (unpaired) electrons. The number of aromatic nitrogens is 1. The third-order valence-corrected chi connectivity index (χ3v) is 4.45. The summed E-state index contributed by atoms with van der Waals surface area (Å²) in [5, 5.41) is 4.25. The van der Waals surface area contributed by atoms with E-state index in [4.69, 9.17) is 4.42 Å². The summed E-state index contributed by atoms with van der Waals surface area (Å²) in [6.45, 7) is 5.14. The first kappa shape index (κ1) is 12.0. The monoisotopic (exact) mass is 240 g/mol. The van der Waals surface area contributed by atoms with Gasteiger partial charge in [-0.05, 0) is 18.6 Å². The zero-order valence-electron chi connectivity index (χ0n) is 10.0. The second-order valence-corrected chi connectivity index (χ2v) is 5.76. The molecule has 0 saturated carbocycles. The van der Waals surface area contributed by atoms with Crippen LogP contribution in [0.3, 0.4) is 0 Å². The van der Waals surface area contributed by atoms with Gasteiger partial charge in [-0.3, -0.25) is 0 Å². The van der Waals surface area contributed by atoms with Crippen molar-refractivity contribution in [3.63, 3.8) is 0 Å². The fourth-order valence-electron chi connectivity index (χ4n) is 2.00. The summed E-state index contributed by atoms with van der Waals surface area (Å²) in [6.07, 6.45) is 5.34. The van der Waals surface area contributed by atoms with Gasteiger partial charge in [0.15, 0.2) is 0 Å². The van der Waals surface area contributed by atoms with Crippen LogP contribution in [-0.2, 0) is 13.0 Å². The number of rotatable bonds is 4.